The first-order valence-electron chi connectivity index (χ1n) is 5.15. The number of rotatable bonds is 2. The average Bonchev–Trinajstić information content (AvgIpc) is 2.74. The zero-order chi connectivity index (χ0) is 11.4. The van der Waals surface area contributed by atoms with E-state index in [1.165, 1.54) is 0 Å². The van der Waals surface area contributed by atoms with Crippen LogP contribution in [0.2, 0.25) is 0 Å². The number of anilines is 2. The zero-order valence-electron chi connectivity index (χ0n) is 8.81. The van der Waals surface area contributed by atoms with Crippen molar-refractivity contribution in [3.63, 3.8) is 0 Å². The van der Waals surface area contributed by atoms with Gasteiger partial charge >= 0.3 is 6.09 Å². The fourth-order valence-corrected chi connectivity index (χ4v) is 1.47. The third-order valence-electron chi connectivity index (χ3n) is 2.32. The summed E-state index contributed by atoms with van der Waals surface area (Å²) in [5.41, 5.74) is 6.85. The highest BCUT2D eigenvalue weighted by molar-refractivity contribution is 5.84. The molecule has 16 heavy (non-hydrogen) atoms. The van der Waals surface area contributed by atoms with Gasteiger partial charge in [0.2, 0.25) is 0 Å². The number of carbonyl (C=O) groups is 1. The molecule has 1 fully saturated rings. The Morgan fingerprint density at radius 1 is 1.44 bits per heavy atom. The SMILES string of the molecule is Nc1ccc(NC(=O)OC2CCOC2)cc1. The van der Waals surface area contributed by atoms with Crippen LogP contribution in [0.5, 0.6) is 0 Å². The predicted molar refractivity (Wildman–Crippen MR) is 60.2 cm³/mol. The second-order valence-corrected chi connectivity index (χ2v) is 3.64. The molecular formula is C11H14N2O3. The highest BCUT2D eigenvalue weighted by Crippen LogP contribution is 2.13. The molecule has 5 heteroatoms. The number of carbonyl (C=O) groups excluding carboxylic acids is 1. The van der Waals surface area contributed by atoms with Gasteiger partial charge in [-0.2, -0.15) is 0 Å². The molecule has 1 amide bonds. The first kappa shape index (κ1) is 10.8. The molecular weight excluding hydrogens is 208 g/mol. The molecule has 86 valence electrons. The van der Waals surface area contributed by atoms with Gasteiger partial charge in [-0.3, -0.25) is 5.32 Å². The van der Waals surface area contributed by atoms with Crippen molar-refractivity contribution in [1.29, 1.82) is 0 Å². The molecule has 1 aromatic rings. The Balaban J connectivity index is 1.84. The van der Waals surface area contributed by atoms with Crippen LogP contribution in [0.3, 0.4) is 0 Å². The normalized spacial score (nSPS) is 19.4. The number of nitrogens with one attached hydrogen (secondary N) is 1. The Morgan fingerprint density at radius 2 is 2.19 bits per heavy atom. The van der Waals surface area contributed by atoms with Crippen molar-refractivity contribution in [1.82, 2.24) is 0 Å². The van der Waals surface area contributed by atoms with Crippen LogP contribution in [0.15, 0.2) is 24.3 Å². The van der Waals surface area contributed by atoms with E-state index < -0.39 is 6.09 Å². The van der Waals surface area contributed by atoms with Gasteiger partial charge in [-0.25, -0.2) is 4.79 Å². The topological polar surface area (TPSA) is 73.6 Å². The van der Waals surface area contributed by atoms with Gasteiger partial charge in [-0.1, -0.05) is 0 Å². The standard InChI is InChI=1S/C11H14N2O3/c12-8-1-3-9(4-2-8)13-11(14)16-10-5-6-15-7-10/h1-4,10H,5-7,12H2,(H,13,14). The largest absolute Gasteiger partial charge is 0.443 e. The van der Waals surface area contributed by atoms with Crippen molar-refractivity contribution in [2.75, 3.05) is 24.3 Å². The summed E-state index contributed by atoms with van der Waals surface area (Å²) in [5, 5.41) is 2.62. The summed E-state index contributed by atoms with van der Waals surface area (Å²) >= 11 is 0. The second kappa shape index (κ2) is 4.85. The van der Waals surface area contributed by atoms with Gasteiger partial charge in [0.05, 0.1) is 13.2 Å². The Labute approximate surface area is 93.5 Å². The minimum atomic E-state index is -0.458. The maximum Gasteiger partial charge on any atom is 0.411 e. The second-order valence-electron chi connectivity index (χ2n) is 3.64. The minimum Gasteiger partial charge on any atom is -0.443 e. The molecule has 1 aromatic carbocycles. The van der Waals surface area contributed by atoms with E-state index in [0.29, 0.717) is 24.6 Å². The van der Waals surface area contributed by atoms with Gasteiger partial charge in [-0.05, 0) is 24.3 Å². The first-order chi connectivity index (χ1) is 7.74. The van der Waals surface area contributed by atoms with E-state index in [1.807, 2.05) is 0 Å². The third kappa shape index (κ3) is 2.87. The van der Waals surface area contributed by atoms with E-state index in [-0.39, 0.29) is 6.10 Å². The number of hydrogen-bond donors (Lipinski definition) is 2. The Bertz CT molecular complexity index is 358. The molecule has 1 saturated heterocycles. The molecule has 5 nitrogen and oxygen atoms in total. The lowest BCUT2D eigenvalue weighted by Crippen LogP contribution is -2.22. The minimum absolute atomic E-state index is 0.131. The van der Waals surface area contributed by atoms with Crippen LogP contribution in [-0.4, -0.2) is 25.4 Å². The van der Waals surface area contributed by atoms with E-state index in [2.05, 4.69) is 5.32 Å². The fourth-order valence-electron chi connectivity index (χ4n) is 1.47. The third-order valence-corrected chi connectivity index (χ3v) is 2.32. The van der Waals surface area contributed by atoms with Crippen molar-refractivity contribution in [3.8, 4) is 0 Å². The summed E-state index contributed by atoms with van der Waals surface area (Å²) in [4.78, 5) is 11.4. The van der Waals surface area contributed by atoms with E-state index in [4.69, 9.17) is 15.2 Å². The summed E-state index contributed by atoms with van der Waals surface area (Å²) in [5.74, 6) is 0. The molecule has 0 spiro atoms. The molecule has 2 rings (SSSR count). The molecule has 0 aliphatic carbocycles. The van der Waals surface area contributed by atoms with Gasteiger partial charge < -0.3 is 15.2 Å². The van der Waals surface area contributed by atoms with Crippen molar-refractivity contribution < 1.29 is 14.3 Å². The molecule has 1 unspecified atom stereocenters. The van der Waals surface area contributed by atoms with Crippen molar-refractivity contribution >= 4 is 17.5 Å². The molecule has 1 aliphatic rings. The smallest absolute Gasteiger partial charge is 0.411 e. The van der Waals surface area contributed by atoms with Crippen LogP contribution >= 0.6 is 0 Å². The molecule has 1 heterocycles. The lowest BCUT2D eigenvalue weighted by atomic mass is 10.3. The first-order valence-corrected chi connectivity index (χ1v) is 5.15. The molecule has 0 bridgehead atoms. The number of benzene rings is 1. The van der Waals surface area contributed by atoms with Crippen LogP contribution in [0.1, 0.15) is 6.42 Å². The van der Waals surface area contributed by atoms with Crippen LogP contribution < -0.4 is 11.1 Å². The Morgan fingerprint density at radius 3 is 2.81 bits per heavy atom. The predicted octanol–water partition coefficient (Wildman–Crippen LogP) is 1.61. The van der Waals surface area contributed by atoms with E-state index in [9.17, 15) is 4.79 Å². The monoisotopic (exact) mass is 222 g/mol. The summed E-state index contributed by atoms with van der Waals surface area (Å²) in [6, 6.07) is 6.88. The highest BCUT2D eigenvalue weighted by Gasteiger charge is 2.19. The van der Waals surface area contributed by atoms with Crippen LogP contribution in [-0.2, 0) is 9.47 Å². The number of nitrogen functional groups attached to an aromatic ring is 1. The van der Waals surface area contributed by atoms with Crippen LogP contribution in [0.25, 0.3) is 0 Å². The number of ether oxygens (including phenoxy) is 2. The van der Waals surface area contributed by atoms with Crippen LogP contribution in [0, 0.1) is 0 Å². The van der Waals surface area contributed by atoms with Gasteiger partial charge in [0.1, 0.15) is 6.10 Å². The Kier molecular flexibility index (Phi) is 3.26. The molecule has 1 atom stereocenters. The maximum absolute atomic E-state index is 11.4. The van der Waals surface area contributed by atoms with Gasteiger partial charge in [0, 0.05) is 17.8 Å². The molecule has 1 aliphatic heterocycles. The molecule has 0 aromatic heterocycles. The van der Waals surface area contributed by atoms with Crippen LogP contribution in [0.4, 0.5) is 16.2 Å². The van der Waals surface area contributed by atoms with E-state index in [0.717, 1.165) is 6.42 Å². The summed E-state index contributed by atoms with van der Waals surface area (Å²) in [7, 11) is 0. The lowest BCUT2D eigenvalue weighted by molar-refractivity contribution is 0.0932. The summed E-state index contributed by atoms with van der Waals surface area (Å²) in [6.07, 6.45) is 0.170. The van der Waals surface area contributed by atoms with Gasteiger partial charge in [0.25, 0.3) is 0 Å². The summed E-state index contributed by atoms with van der Waals surface area (Å²) in [6.45, 7) is 1.13. The van der Waals surface area contributed by atoms with Gasteiger partial charge in [0.15, 0.2) is 0 Å². The highest BCUT2D eigenvalue weighted by atomic mass is 16.6. The molecule has 3 N–H and O–H groups in total. The van der Waals surface area contributed by atoms with E-state index in [1.54, 1.807) is 24.3 Å². The number of hydrogen-bond acceptors (Lipinski definition) is 4. The quantitative estimate of drug-likeness (QED) is 0.745. The average molecular weight is 222 g/mol. The van der Waals surface area contributed by atoms with Crippen molar-refractivity contribution in [3.05, 3.63) is 24.3 Å². The fraction of sp³-hybridized carbons (Fsp3) is 0.364. The number of nitrogens with two attached hydrogens (primary N) is 1. The molecule has 0 saturated carbocycles. The lowest BCUT2D eigenvalue weighted by Gasteiger charge is -2.11. The zero-order valence-corrected chi connectivity index (χ0v) is 8.81. The Hall–Kier alpha value is -1.75. The number of amides is 1. The molecule has 0 radical (unpaired) electrons. The van der Waals surface area contributed by atoms with E-state index >= 15 is 0 Å². The van der Waals surface area contributed by atoms with Gasteiger partial charge in [-0.15, -0.1) is 0 Å². The maximum atomic E-state index is 11.4. The van der Waals surface area contributed by atoms with Crippen molar-refractivity contribution in [2.24, 2.45) is 0 Å². The summed E-state index contributed by atoms with van der Waals surface area (Å²) < 4.78 is 10.2. The van der Waals surface area contributed by atoms with Crippen molar-refractivity contribution in [2.45, 2.75) is 12.5 Å².